The molecule has 1 fully saturated rings. The van der Waals surface area contributed by atoms with Crippen LogP contribution in [-0.2, 0) is 0 Å². The summed E-state index contributed by atoms with van der Waals surface area (Å²) in [7, 11) is 0. The molecule has 1 saturated carbocycles. The second-order valence-electron chi connectivity index (χ2n) is 6.41. The van der Waals surface area contributed by atoms with Gasteiger partial charge in [0.25, 0.3) is 11.8 Å². The van der Waals surface area contributed by atoms with E-state index in [1.165, 1.54) is 31.5 Å². The average Bonchev–Trinajstić information content (AvgIpc) is 3.08. The van der Waals surface area contributed by atoms with Crippen LogP contribution in [-0.4, -0.2) is 28.6 Å². The summed E-state index contributed by atoms with van der Waals surface area (Å²) in [6.07, 6.45) is 7.02. The van der Waals surface area contributed by atoms with Crippen LogP contribution in [0.5, 0.6) is 0 Å². The number of benzene rings is 1. The molecule has 1 aromatic carbocycles. The van der Waals surface area contributed by atoms with E-state index in [9.17, 15) is 18.4 Å². The van der Waals surface area contributed by atoms with Crippen molar-refractivity contribution in [2.75, 3.05) is 11.9 Å². The van der Waals surface area contributed by atoms with Gasteiger partial charge in [-0.2, -0.15) is 5.10 Å². The lowest BCUT2D eigenvalue weighted by Gasteiger charge is -2.21. The molecule has 8 heteroatoms. The van der Waals surface area contributed by atoms with Crippen molar-refractivity contribution < 1.29 is 18.4 Å². The number of aromatic nitrogens is 2. The number of H-pyrrole nitrogens is 1. The lowest BCUT2D eigenvalue weighted by atomic mass is 9.89. The number of nitrogens with one attached hydrogen (secondary N) is 3. The quantitative estimate of drug-likeness (QED) is 0.763. The van der Waals surface area contributed by atoms with Gasteiger partial charge in [-0.05, 0) is 30.9 Å². The Kier molecular flexibility index (Phi) is 5.60. The topological polar surface area (TPSA) is 86.9 Å². The van der Waals surface area contributed by atoms with Crippen molar-refractivity contribution in [3.63, 3.8) is 0 Å². The first kappa shape index (κ1) is 18.0. The summed E-state index contributed by atoms with van der Waals surface area (Å²) in [5, 5.41) is 11.5. The van der Waals surface area contributed by atoms with E-state index in [-0.39, 0.29) is 11.4 Å². The van der Waals surface area contributed by atoms with Gasteiger partial charge in [0.1, 0.15) is 17.2 Å². The first-order valence-electron chi connectivity index (χ1n) is 8.63. The number of halogens is 2. The minimum absolute atomic E-state index is 0.0223. The summed E-state index contributed by atoms with van der Waals surface area (Å²) in [5.41, 5.74) is -0.660. The normalized spacial score (nSPS) is 14.8. The Bertz CT molecular complexity index is 780. The predicted molar refractivity (Wildman–Crippen MR) is 91.8 cm³/mol. The fourth-order valence-corrected chi connectivity index (χ4v) is 3.17. The van der Waals surface area contributed by atoms with Crippen LogP contribution < -0.4 is 10.6 Å². The molecule has 1 aliphatic carbocycles. The molecule has 1 aliphatic rings. The summed E-state index contributed by atoms with van der Waals surface area (Å²) in [4.78, 5) is 24.5. The molecule has 6 nitrogen and oxygen atoms in total. The Morgan fingerprint density at radius 1 is 1.12 bits per heavy atom. The molecule has 1 heterocycles. The minimum Gasteiger partial charge on any atom is -0.350 e. The van der Waals surface area contributed by atoms with Gasteiger partial charge >= 0.3 is 0 Å². The zero-order valence-electron chi connectivity index (χ0n) is 14.1. The van der Waals surface area contributed by atoms with Crippen molar-refractivity contribution in [3.05, 3.63) is 47.3 Å². The van der Waals surface area contributed by atoms with Crippen LogP contribution in [0.25, 0.3) is 0 Å². The molecule has 0 spiro atoms. The number of carbonyl (C=O) groups excluding carboxylic acids is 2. The van der Waals surface area contributed by atoms with Gasteiger partial charge in [-0.15, -0.1) is 0 Å². The molecule has 138 valence electrons. The van der Waals surface area contributed by atoms with Crippen molar-refractivity contribution in [3.8, 4) is 0 Å². The summed E-state index contributed by atoms with van der Waals surface area (Å²) < 4.78 is 27.4. The summed E-state index contributed by atoms with van der Waals surface area (Å²) in [6.45, 7) is 0.543. The third-order valence-corrected chi connectivity index (χ3v) is 4.57. The molecule has 0 aliphatic heterocycles. The Balaban J connectivity index is 1.66. The van der Waals surface area contributed by atoms with E-state index in [0.29, 0.717) is 12.5 Å². The first-order valence-corrected chi connectivity index (χ1v) is 8.63. The molecule has 26 heavy (non-hydrogen) atoms. The molecular weight excluding hydrogens is 342 g/mol. The number of hydrogen-bond donors (Lipinski definition) is 3. The van der Waals surface area contributed by atoms with E-state index in [2.05, 4.69) is 20.8 Å². The Labute approximate surface area is 149 Å². The standard InChI is InChI=1S/C18H20F2N4O2/c19-12-7-4-8-13(20)15(12)17(25)23-14-10-22-24-16(14)18(26)21-9-11-5-2-1-3-6-11/h4,7-8,10-11H,1-3,5-6,9H2,(H,21,26)(H,22,24)(H,23,25). The summed E-state index contributed by atoms with van der Waals surface area (Å²) in [5.74, 6) is -2.94. The van der Waals surface area contributed by atoms with Gasteiger partial charge in [0, 0.05) is 12.7 Å². The third kappa shape index (κ3) is 4.07. The smallest absolute Gasteiger partial charge is 0.273 e. The van der Waals surface area contributed by atoms with Crippen molar-refractivity contribution >= 4 is 17.5 Å². The van der Waals surface area contributed by atoms with Crippen LogP contribution in [0, 0.1) is 17.6 Å². The maximum atomic E-state index is 13.7. The van der Waals surface area contributed by atoms with Gasteiger partial charge in [0.2, 0.25) is 0 Å². The van der Waals surface area contributed by atoms with Crippen molar-refractivity contribution in [2.45, 2.75) is 32.1 Å². The Hall–Kier alpha value is -2.77. The fraction of sp³-hybridized carbons (Fsp3) is 0.389. The maximum Gasteiger partial charge on any atom is 0.273 e. The highest BCUT2D eigenvalue weighted by Crippen LogP contribution is 2.23. The molecule has 0 atom stereocenters. The predicted octanol–water partition coefficient (Wildman–Crippen LogP) is 3.25. The van der Waals surface area contributed by atoms with E-state index in [1.54, 1.807) is 0 Å². The van der Waals surface area contributed by atoms with Gasteiger partial charge in [-0.1, -0.05) is 25.3 Å². The number of carbonyl (C=O) groups is 2. The SMILES string of the molecule is O=C(NCC1CCCCC1)c1n[nH]cc1NC(=O)c1c(F)cccc1F. The highest BCUT2D eigenvalue weighted by molar-refractivity contribution is 6.08. The van der Waals surface area contributed by atoms with E-state index in [0.717, 1.165) is 25.0 Å². The largest absolute Gasteiger partial charge is 0.350 e. The molecule has 2 aromatic rings. The lowest BCUT2D eigenvalue weighted by Crippen LogP contribution is -2.31. The molecule has 3 N–H and O–H groups in total. The van der Waals surface area contributed by atoms with E-state index >= 15 is 0 Å². The summed E-state index contributed by atoms with van der Waals surface area (Å²) in [6, 6.07) is 3.15. The zero-order valence-corrected chi connectivity index (χ0v) is 14.1. The third-order valence-electron chi connectivity index (χ3n) is 4.57. The number of aromatic amines is 1. The Morgan fingerprint density at radius 2 is 1.81 bits per heavy atom. The van der Waals surface area contributed by atoms with Crippen molar-refractivity contribution in [1.29, 1.82) is 0 Å². The maximum absolute atomic E-state index is 13.7. The van der Waals surface area contributed by atoms with E-state index in [4.69, 9.17) is 0 Å². The molecule has 0 unspecified atom stereocenters. The van der Waals surface area contributed by atoms with Gasteiger partial charge in [0.15, 0.2) is 5.69 Å². The highest BCUT2D eigenvalue weighted by atomic mass is 19.1. The van der Waals surface area contributed by atoms with Crippen molar-refractivity contribution in [2.24, 2.45) is 5.92 Å². The molecule has 3 rings (SSSR count). The van der Waals surface area contributed by atoms with Gasteiger partial charge in [-0.25, -0.2) is 8.78 Å². The molecule has 0 bridgehead atoms. The second-order valence-corrected chi connectivity index (χ2v) is 6.41. The van der Waals surface area contributed by atoms with Crippen LogP contribution in [0.1, 0.15) is 53.0 Å². The molecule has 0 saturated heterocycles. The van der Waals surface area contributed by atoms with Crippen LogP contribution in [0.3, 0.4) is 0 Å². The van der Waals surface area contributed by atoms with Gasteiger partial charge in [0.05, 0.1) is 5.69 Å². The molecule has 0 radical (unpaired) electrons. The first-order chi connectivity index (χ1) is 12.6. The van der Waals surface area contributed by atoms with E-state index < -0.39 is 29.0 Å². The van der Waals surface area contributed by atoms with Crippen LogP contribution >= 0.6 is 0 Å². The minimum atomic E-state index is -0.983. The van der Waals surface area contributed by atoms with Crippen LogP contribution in [0.4, 0.5) is 14.5 Å². The lowest BCUT2D eigenvalue weighted by molar-refractivity contribution is 0.0939. The van der Waals surface area contributed by atoms with Crippen LogP contribution in [0.15, 0.2) is 24.4 Å². The number of rotatable bonds is 5. The molecule has 1 aromatic heterocycles. The molecular formula is C18H20F2N4O2. The van der Waals surface area contributed by atoms with Gasteiger partial charge < -0.3 is 10.6 Å². The monoisotopic (exact) mass is 362 g/mol. The number of amides is 2. The van der Waals surface area contributed by atoms with Crippen molar-refractivity contribution in [1.82, 2.24) is 15.5 Å². The number of nitrogens with zero attached hydrogens (tertiary/aromatic N) is 1. The highest BCUT2D eigenvalue weighted by Gasteiger charge is 2.22. The van der Waals surface area contributed by atoms with Crippen LogP contribution in [0.2, 0.25) is 0 Å². The second kappa shape index (κ2) is 8.07. The fourth-order valence-electron chi connectivity index (χ4n) is 3.17. The summed E-state index contributed by atoms with van der Waals surface area (Å²) >= 11 is 0. The number of anilines is 1. The molecule has 2 amide bonds. The Morgan fingerprint density at radius 3 is 2.50 bits per heavy atom. The number of hydrogen-bond acceptors (Lipinski definition) is 3. The zero-order chi connectivity index (χ0) is 18.5. The van der Waals surface area contributed by atoms with E-state index in [1.807, 2.05) is 0 Å². The average molecular weight is 362 g/mol. The van der Waals surface area contributed by atoms with Gasteiger partial charge in [-0.3, -0.25) is 14.7 Å².